The van der Waals surface area contributed by atoms with Crippen LogP contribution in [0.5, 0.6) is 0 Å². The summed E-state index contributed by atoms with van der Waals surface area (Å²) in [4.78, 5) is 27.4. The highest BCUT2D eigenvalue weighted by atomic mass is 79.9. The second kappa shape index (κ2) is 11.7. The third kappa shape index (κ3) is 7.21. The van der Waals surface area contributed by atoms with Gasteiger partial charge >= 0.3 is 0 Å². The number of nitrogens with zero attached hydrogens (tertiary/aromatic N) is 2. The SMILES string of the molecule is CCCNC(=O)C(C)N(Cc1ccccc1Cl)C(=O)CN(c1ccc(Br)cc1)S(C)(=O)=O. The highest BCUT2D eigenvalue weighted by molar-refractivity contribution is 9.10. The minimum Gasteiger partial charge on any atom is -0.354 e. The minimum absolute atomic E-state index is 0.0666. The van der Waals surface area contributed by atoms with Crippen LogP contribution in [-0.4, -0.2) is 50.5 Å². The van der Waals surface area contributed by atoms with Gasteiger partial charge in [0.25, 0.3) is 0 Å². The van der Waals surface area contributed by atoms with Crippen LogP contribution >= 0.6 is 27.5 Å². The number of benzene rings is 2. The van der Waals surface area contributed by atoms with Crippen molar-refractivity contribution in [3.05, 3.63) is 63.6 Å². The third-order valence-corrected chi connectivity index (χ3v) is 6.85. The van der Waals surface area contributed by atoms with Crippen LogP contribution in [0.25, 0.3) is 0 Å². The Bertz CT molecular complexity index is 1050. The molecule has 0 heterocycles. The summed E-state index contributed by atoms with van der Waals surface area (Å²) in [5, 5.41) is 3.24. The number of carbonyl (C=O) groups is 2. The van der Waals surface area contributed by atoms with Crippen molar-refractivity contribution in [2.45, 2.75) is 32.9 Å². The van der Waals surface area contributed by atoms with Gasteiger partial charge in [-0.3, -0.25) is 13.9 Å². The molecule has 0 aliphatic rings. The van der Waals surface area contributed by atoms with Gasteiger partial charge in [-0.1, -0.05) is 52.7 Å². The zero-order valence-corrected chi connectivity index (χ0v) is 21.4. The van der Waals surface area contributed by atoms with Crippen LogP contribution < -0.4 is 9.62 Å². The summed E-state index contributed by atoms with van der Waals surface area (Å²) in [7, 11) is -3.76. The van der Waals surface area contributed by atoms with Crippen molar-refractivity contribution in [1.82, 2.24) is 10.2 Å². The number of carbonyl (C=O) groups excluding carboxylic acids is 2. The lowest BCUT2D eigenvalue weighted by Crippen LogP contribution is -2.51. The van der Waals surface area contributed by atoms with Crippen LogP contribution in [0.2, 0.25) is 5.02 Å². The number of anilines is 1. The van der Waals surface area contributed by atoms with Crippen LogP contribution in [0.1, 0.15) is 25.8 Å². The van der Waals surface area contributed by atoms with Crippen LogP contribution in [0.4, 0.5) is 5.69 Å². The van der Waals surface area contributed by atoms with E-state index < -0.39 is 28.5 Å². The summed E-state index contributed by atoms with van der Waals surface area (Å²) >= 11 is 9.60. The highest BCUT2D eigenvalue weighted by Crippen LogP contribution is 2.23. The van der Waals surface area contributed by atoms with E-state index in [-0.39, 0.29) is 12.5 Å². The van der Waals surface area contributed by atoms with Crippen LogP contribution in [0.3, 0.4) is 0 Å². The van der Waals surface area contributed by atoms with E-state index >= 15 is 0 Å². The Morgan fingerprint density at radius 2 is 1.75 bits per heavy atom. The Kier molecular flexibility index (Phi) is 9.54. The number of nitrogens with one attached hydrogen (secondary N) is 1. The fourth-order valence-electron chi connectivity index (χ4n) is 3.01. The predicted octanol–water partition coefficient (Wildman–Crippen LogP) is 3.81. The second-order valence-corrected chi connectivity index (χ2v) is 10.6. The van der Waals surface area contributed by atoms with Gasteiger partial charge in [0.2, 0.25) is 21.8 Å². The van der Waals surface area contributed by atoms with Crippen molar-refractivity contribution in [3.63, 3.8) is 0 Å². The van der Waals surface area contributed by atoms with Crippen LogP contribution in [0, 0.1) is 0 Å². The molecule has 7 nitrogen and oxygen atoms in total. The largest absolute Gasteiger partial charge is 0.354 e. The van der Waals surface area contributed by atoms with Gasteiger partial charge in [0.1, 0.15) is 12.6 Å². The lowest BCUT2D eigenvalue weighted by Gasteiger charge is -2.31. The maximum atomic E-state index is 13.4. The van der Waals surface area contributed by atoms with Gasteiger partial charge in [-0.05, 0) is 49.2 Å². The molecule has 0 saturated carbocycles. The predicted molar refractivity (Wildman–Crippen MR) is 131 cm³/mol. The summed E-state index contributed by atoms with van der Waals surface area (Å²) in [6, 6.07) is 12.8. The molecule has 2 amide bonds. The van der Waals surface area contributed by atoms with E-state index in [0.29, 0.717) is 22.8 Å². The Balaban J connectivity index is 2.37. The number of sulfonamides is 1. The van der Waals surface area contributed by atoms with Crippen molar-refractivity contribution < 1.29 is 18.0 Å². The van der Waals surface area contributed by atoms with Gasteiger partial charge < -0.3 is 10.2 Å². The van der Waals surface area contributed by atoms with E-state index in [1.165, 1.54) is 4.90 Å². The average Bonchev–Trinajstić information content (AvgIpc) is 2.74. The summed E-state index contributed by atoms with van der Waals surface area (Å²) in [6.07, 6.45) is 1.79. The smallest absolute Gasteiger partial charge is 0.244 e. The van der Waals surface area contributed by atoms with Gasteiger partial charge in [0.05, 0.1) is 11.9 Å². The quantitative estimate of drug-likeness (QED) is 0.493. The first-order chi connectivity index (χ1) is 15.0. The molecule has 1 N–H and O–H groups in total. The molecule has 0 aromatic heterocycles. The number of halogens is 2. The lowest BCUT2D eigenvalue weighted by molar-refractivity contribution is -0.139. The average molecular weight is 545 g/mol. The van der Waals surface area contributed by atoms with Crippen molar-refractivity contribution in [2.24, 2.45) is 0 Å². The minimum atomic E-state index is -3.76. The van der Waals surface area contributed by atoms with Crippen LogP contribution in [-0.2, 0) is 26.2 Å². The molecule has 32 heavy (non-hydrogen) atoms. The van der Waals surface area contributed by atoms with Crippen molar-refractivity contribution >= 4 is 55.1 Å². The normalized spacial score (nSPS) is 12.2. The van der Waals surface area contributed by atoms with E-state index in [1.54, 1.807) is 55.5 Å². The van der Waals surface area contributed by atoms with Gasteiger partial charge in [-0.2, -0.15) is 0 Å². The molecule has 0 saturated heterocycles. The Labute approximate surface area is 202 Å². The Morgan fingerprint density at radius 3 is 2.31 bits per heavy atom. The van der Waals surface area contributed by atoms with Crippen molar-refractivity contribution in [1.29, 1.82) is 0 Å². The molecule has 1 unspecified atom stereocenters. The van der Waals surface area contributed by atoms with Gasteiger partial charge in [-0.25, -0.2) is 8.42 Å². The number of hydrogen-bond acceptors (Lipinski definition) is 4. The summed E-state index contributed by atoms with van der Waals surface area (Å²) in [6.45, 7) is 3.64. The molecule has 2 rings (SSSR count). The molecule has 0 spiro atoms. The summed E-state index contributed by atoms with van der Waals surface area (Å²) < 4.78 is 26.8. The molecule has 0 fully saturated rings. The van der Waals surface area contributed by atoms with Crippen LogP contribution in [0.15, 0.2) is 53.0 Å². The number of amides is 2. The molecular weight excluding hydrogens is 518 g/mol. The summed E-state index contributed by atoms with van der Waals surface area (Å²) in [5.41, 5.74) is 1.01. The molecule has 0 aliphatic carbocycles. The van der Waals surface area contributed by atoms with Gasteiger partial charge in [0.15, 0.2) is 0 Å². The fourth-order valence-corrected chi connectivity index (χ4v) is 4.32. The van der Waals surface area contributed by atoms with E-state index in [9.17, 15) is 18.0 Å². The summed E-state index contributed by atoms with van der Waals surface area (Å²) in [5.74, 6) is -0.834. The molecule has 0 radical (unpaired) electrons. The molecule has 10 heteroatoms. The molecule has 2 aromatic carbocycles. The molecule has 1 atom stereocenters. The number of rotatable bonds is 10. The lowest BCUT2D eigenvalue weighted by atomic mass is 10.1. The third-order valence-electron chi connectivity index (χ3n) is 4.81. The molecule has 174 valence electrons. The molecule has 2 aromatic rings. The van der Waals surface area contributed by atoms with E-state index in [1.807, 2.05) is 6.92 Å². The Morgan fingerprint density at radius 1 is 1.12 bits per heavy atom. The highest BCUT2D eigenvalue weighted by Gasteiger charge is 2.30. The first-order valence-corrected chi connectivity index (χ1v) is 13.1. The van der Waals surface area contributed by atoms with E-state index in [2.05, 4.69) is 21.2 Å². The second-order valence-electron chi connectivity index (χ2n) is 7.33. The molecule has 0 bridgehead atoms. The van der Waals surface area contributed by atoms with Gasteiger partial charge in [0, 0.05) is 22.6 Å². The topological polar surface area (TPSA) is 86.8 Å². The number of hydrogen-bond donors (Lipinski definition) is 1. The van der Waals surface area contributed by atoms with Crippen molar-refractivity contribution in [2.75, 3.05) is 23.7 Å². The standard InChI is InChI=1S/C22H27BrClN3O4S/c1-4-13-25-22(29)16(2)26(14-17-7-5-6-8-20(17)24)21(28)15-27(32(3,30)31)19-11-9-18(23)10-12-19/h5-12,16H,4,13-15H2,1-3H3,(H,25,29). The Hall–Kier alpha value is -2.10. The molecular formula is C22H27BrClN3O4S. The first kappa shape index (κ1) is 26.2. The zero-order chi connectivity index (χ0) is 23.9. The fraction of sp³-hybridized carbons (Fsp3) is 0.364. The van der Waals surface area contributed by atoms with Crippen molar-refractivity contribution in [3.8, 4) is 0 Å². The first-order valence-electron chi connectivity index (χ1n) is 10.1. The van der Waals surface area contributed by atoms with E-state index in [4.69, 9.17) is 11.6 Å². The monoisotopic (exact) mass is 543 g/mol. The maximum absolute atomic E-state index is 13.4. The zero-order valence-electron chi connectivity index (χ0n) is 18.2. The van der Waals surface area contributed by atoms with E-state index in [0.717, 1.165) is 21.5 Å². The maximum Gasteiger partial charge on any atom is 0.244 e. The molecule has 0 aliphatic heterocycles. The van der Waals surface area contributed by atoms with Gasteiger partial charge in [-0.15, -0.1) is 0 Å².